The fraction of sp³-hybridized carbons (Fsp3) is 0. The zero-order valence-corrected chi connectivity index (χ0v) is 9.50. The summed E-state index contributed by atoms with van der Waals surface area (Å²) in [6.07, 6.45) is 0. The van der Waals surface area contributed by atoms with Gasteiger partial charge in [0.2, 0.25) is 0 Å². The molecular formula is C4H6BKO3S. The summed E-state index contributed by atoms with van der Waals surface area (Å²) in [5.41, 5.74) is 0. The third-order valence-corrected chi connectivity index (χ3v) is 3.09. The van der Waals surface area contributed by atoms with Crippen LogP contribution in [0, 0.1) is 0 Å². The SMILES string of the molecule is OB(O)O.[K][c]1cccs1. The molecule has 0 spiro atoms. The Labute approximate surface area is 97.5 Å². The molecule has 1 aromatic rings. The van der Waals surface area contributed by atoms with E-state index < -0.39 is 7.32 Å². The summed E-state index contributed by atoms with van der Waals surface area (Å²) < 4.78 is 1.57. The van der Waals surface area contributed by atoms with Gasteiger partial charge < -0.3 is 15.1 Å². The van der Waals surface area contributed by atoms with E-state index in [9.17, 15) is 0 Å². The third-order valence-electron chi connectivity index (χ3n) is 0.663. The molecule has 0 aromatic carbocycles. The Morgan fingerprint density at radius 2 is 1.90 bits per heavy atom. The van der Waals surface area contributed by atoms with Gasteiger partial charge in [0.1, 0.15) is 0 Å². The number of rotatable bonds is 0. The Balaban J connectivity index is 0.000000180. The normalized spacial score (nSPS) is 8.10. The van der Waals surface area contributed by atoms with Crippen molar-refractivity contribution in [3.8, 4) is 0 Å². The van der Waals surface area contributed by atoms with Crippen LogP contribution in [-0.2, 0) is 0 Å². The molecule has 0 saturated heterocycles. The molecule has 0 amide bonds. The Morgan fingerprint density at radius 1 is 1.40 bits per heavy atom. The van der Waals surface area contributed by atoms with Crippen LogP contribution in [0.5, 0.6) is 0 Å². The zero-order valence-electron chi connectivity index (χ0n) is 5.56. The topological polar surface area (TPSA) is 60.7 Å². The molecule has 0 aliphatic heterocycles. The van der Waals surface area contributed by atoms with Crippen LogP contribution in [0.4, 0.5) is 0 Å². The first-order valence-corrected chi connectivity index (χ1v) is 5.11. The van der Waals surface area contributed by atoms with E-state index in [1.165, 1.54) is 0 Å². The molecule has 0 atom stereocenters. The first-order chi connectivity index (χ1) is 4.63. The third kappa shape index (κ3) is 9.28. The molecule has 0 aliphatic rings. The summed E-state index contributed by atoms with van der Waals surface area (Å²) in [5.74, 6) is 0. The molecule has 1 aromatic heterocycles. The van der Waals surface area contributed by atoms with Crippen molar-refractivity contribution in [1.29, 1.82) is 0 Å². The van der Waals surface area contributed by atoms with Gasteiger partial charge in [-0.3, -0.25) is 0 Å². The van der Waals surface area contributed by atoms with Crippen LogP contribution in [0.25, 0.3) is 0 Å². The molecule has 0 fully saturated rings. The van der Waals surface area contributed by atoms with Crippen molar-refractivity contribution in [2.24, 2.45) is 0 Å². The van der Waals surface area contributed by atoms with Crippen LogP contribution in [0.2, 0.25) is 0 Å². The maximum atomic E-state index is 7.17. The van der Waals surface area contributed by atoms with Gasteiger partial charge >= 0.3 is 84.1 Å². The number of thiophene rings is 1. The fourth-order valence-electron chi connectivity index (χ4n) is 0.361. The Hall–Kier alpha value is 1.28. The van der Waals surface area contributed by atoms with Crippen molar-refractivity contribution in [3.63, 3.8) is 0 Å². The molecule has 0 aliphatic carbocycles. The Morgan fingerprint density at radius 3 is 2.00 bits per heavy atom. The number of hydrogen-bond acceptors (Lipinski definition) is 4. The molecule has 0 bridgehead atoms. The van der Waals surface area contributed by atoms with Gasteiger partial charge in [-0.2, -0.15) is 0 Å². The average molecular weight is 184 g/mol. The minimum atomic E-state index is -2.17. The van der Waals surface area contributed by atoms with Gasteiger partial charge in [0.25, 0.3) is 0 Å². The van der Waals surface area contributed by atoms with Crippen molar-refractivity contribution in [3.05, 3.63) is 17.5 Å². The van der Waals surface area contributed by atoms with Gasteiger partial charge in [-0.1, -0.05) is 0 Å². The van der Waals surface area contributed by atoms with E-state index in [1.54, 1.807) is -1.03 Å². The van der Waals surface area contributed by atoms with Gasteiger partial charge in [-0.15, -0.1) is 0 Å². The second kappa shape index (κ2) is 6.96. The van der Waals surface area contributed by atoms with Crippen LogP contribution in [-0.4, -0.2) is 71.3 Å². The standard InChI is InChI=1S/C4H3S.BH3O3.K/c1-2-4-5-3-1;2-1(3)4;/h1-3H;2-4H;. The number of hydrogen-bond donors (Lipinski definition) is 3. The molecule has 3 nitrogen and oxygen atoms in total. The second-order valence-corrected chi connectivity index (χ2v) is 5.54. The fourth-order valence-corrected chi connectivity index (χ4v) is 1.83. The zero-order chi connectivity index (χ0) is 7.98. The van der Waals surface area contributed by atoms with Crippen LogP contribution in [0.1, 0.15) is 0 Å². The first kappa shape index (κ1) is 11.3. The molecule has 3 N–H and O–H groups in total. The summed E-state index contributed by atoms with van der Waals surface area (Å²) in [6, 6.07) is 4.29. The summed E-state index contributed by atoms with van der Waals surface area (Å²) in [7, 11) is -2.17. The Kier molecular flexibility index (Phi) is 7.85. The molecule has 1 rings (SSSR count). The van der Waals surface area contributed by atoms with Gasteiger partial charge in [-0.05, 0) is 0 Å². The molecule has 0 unspecified atom stereocenters. The molecule has 10 heavy (non-hydrogen) atoms. The summed E-state index contributed by atoms with van der Waals surface area (Å²) in [5, 5.41) is 23.6. The molecule has 0 saturated carbocycles. The van der Waals surface area contributed by atoms with E-state index in [-0.39, 0.29) is 0 Å². The molecular weight excluding hydrogens is 178 g/mol. The molecule has 0 radical (unpaired) electrons. The van der Waals surface area contributed by atoms with E-state index >= 15 is 0 Å². The van der Waals surface area contributed by atoms with Crippen molar-refractivity contribution < 1.29 is 15.1 Å². The van der Waals surface area contributed by atoms with Crippen LogP contribution < -0.4 is -1.03 Å². The first-order valence-electron chi connectivity index (χ1n) is 2.67. The average Bonchev–Trinajstić information content (AvgIpc) is 2.15. The van der Waals surface area contributed by atoms with E-state index in [0.717, 1.165) is 49.0 Å². The molecule has 1 heterocycles. The van der Waals surface area contributed by atoms with E-state index in [1.807, 2.05) is 11.3 Å². The van der Waals surface area contributed by atoms with Gasteiger partial charge in [0.15, 0.2) is 0 Å². The monoisotopic (exact) mass is 184 g/mol. The maximum absolute atomic E-state index is 7.17. The van der Waals surface area contributed by atoms with Crippen LogP contribution in [0.15, 0.2) is 17.5 Å². The molecule has 6 heteroatoms. The molecule has 50 valence electrons. The van der Waals surface area contributed by atoms with E-state index in [2.05, 4.69) is 17.5 Å². The van der Waals surface area contributed by atoms with Crippen molar-refractivity contribution >= 4 is 66.6 Å². The minimum absolute atomic E-state index is 0.904. The quantitative estimate of drug-likeness (QED) is 0.429. The van der Waals surface area contributed by atoms with E-state index in [0.29, 0.717) is 0 Å². The second-order valence-electron chi connectivity index (χ2n) is 1.57. The van der Waals surface area contributed by atoms with Crippen molar-refractivity contribution in [2.75, 3.05) is 0 Å². The Bertz CT molecular complexity index is 153. The van der Waals surface area contributed by atoms with Crippen LogP contribution in [0.3, 0.4) is 0 Å². The van der Waals surface area contributed by atoms with Gasteiger partial charge in [0.05, 0.1) is 0 Å². The van der Waals surface area contributed by atoms with Crippen molar-refractivity contribution in [1.82, 2.24) is 0 Å². The summed E-state index contributed by atoms with van der Waals surface area (Å²) >= 11 is 2.77. The van der Waals surface area contributed by atoms with Gasteiger partial charge in [0, 0.05) is 0 Å². The van der Waals surface area contributed by atoms with Gasteiger partial charge in [-0.25, -0.2) is 0 Å². The van der Waals surface area contributed by atoms with Crippen LogP contribution >= 0.6 is 11.3 Å². The summed E-state index contributed by atoms with van der Waals surface area (Å²) in [4.78, 5) is 0. The summed E-state index contributed by atoms with van der Waals surface area (Å²) in [6.45, 7) is 0. The predicted octanol–water partition coefficient (Wildman–Crippen LogP) is -1.51. The van der Waals surface area contributed by atoms with E-state index in [4.69, 9.17) is 15.1 Å². The van der Waals surface area contributed by atoms with Crippen molar-refractivity contribution in [2.45, 2.75) is 0 Å². The predicted molar refractivity (Wildman–Crippen MR) is 42.1 cm³/mol.